The summed E-state index contributed by atoms with van der Waals surface area (Å²) in [5.74, 6) is 1.67. The van der Waals surface area contributed by atoms with Gasteiger partial charge in [0.1, 0.15) is 6.54 Å². The Kier molecular flexibility index (Phi) is 4.31. The van der Waals surface area contributed by atoms with Gasteiger partial charge < -0.3 is 15.5 Å². The van der Waals surface area contributed by atoms with Crippen LogP contribution in [0.15, 0.2) is 39.9 Å². The molecule has 3 N–H and O–H groups in total. The number of guanidine groups is 1. The maximum atomic E-state index is 5.81. The number of aliphatic imine (C=N–C) groups is 1. The van der Waals surface area contributed by atoms with E-state index in [2.05, 4.69) is 22.2 Å². The lowest BCUT2D eigenvalue weighted by atomic mass is 10.1. The minimum absolute atomic E-state index is 0.114. The number of benzene rings is 1. The molecule has 0 saturated heterocycles. The van der Waals surface area contributed by atoms with E-state index in [1.807, 2.05) is 45.0 Å². The molecule has 21 heavy (non-hydrogen) atoms. The van der Waals surface area contributed by atoms with Crippen LogP contribution >= 0.6 is 0 Å². The first-order valence-electron chi connectivity index (χ1n) is 6.93. The van der Waals surface area contributed by atoms with Crippen molar-refractivity contribution in [3.05, 3.63) is 41.9 Å². The summed E-state index contributed by atoms with van der Waals surface area (Å²) in [6.07, 6.45) is 1.71. The Morgan fingerprint density at radius 3 is 2.57 bits per heavy atom. The van der Waals surface area contributed by atoms with Crippen molar-refractivity contribution in [2.75, 3.05) is 0 Å². The quantitative estimate of drug-likeness (QED) is 0.672. The lowest BCUT2D eigenvalue weighted by Gasteiger charge is -2.20. The molecular weight excluding hydrogens is 264 g/mol. The summed E-state index contributed by atoms with van der Waals surface area (Å²) in [6.45, 7) is 8.44. The van der Waals surface area contributed by atoms with Gasteiger partial charge in [0.05, 0.1) is 6.20 Å². The lowest BCUT2D eigenvalue weighted by Crippen LogP contribution is -2.44. The monoisotopic (exact) mass is 286 g/mol. The van der Waals surface area contributed by atoms with Crippen LogP contribution in [0.1, 0.15) is 32.2 Å². The summed E-state index contributed by atoms with van der Waals surface area (Å²) in [6, 6.07) is 8.11. The molecule has 0 aliphatic heterocycles. The first-order valence-corrected chi connectivity index (χ1v) is 6.93. The first-order chi connectivity index (χ1) is 9.83. The molecule has 1 aromatic carbocycles. The van der Waals surface area contributed by atoms with E-state index < -0.39 is 0 Å². The van der Waals surface area contributed by atoms with Crippen LogP contribution in [0.4, 0.5) is 0 Å². The molecule has 0 spiro atoms. The molecule has 1 heterocycles. The van der Waals surface area contributed by atoms with Gasteiger partial charge in [-0.15, -0.1) is 0 Å². The Bertz CT molecular complexity index is 620. The summed E-state index contributed by atoms with van der Waals surface area (Å²) in [5.41, 5.74) is 7.91. The van der Waals surface area contributed by atoms with Gasteiger partial charge in [-0.25, -0.2) is 9.98 Å². The van der Waals surface area contributed by atoms with Crippen molar-refractivity contribution in [1.82, 2.24) is 10.3 Å². The summed E-state index contributed by atoms with van der Waals surface area (Å²) in [5, 5.41) is 3.09. The third-order valence-corrected chi connectivity index (χ3v) is 2.78. The second kappa shape index (κ2) is 5.99. The van der Waals surface area contributed by atoms with Crippen LogP contribution < -0.4 is 11.1 Å². The van der Waals surface area contributed by atoms with Crippen LogP contribution in [0.5, 0.6) is 0 Å². The summed E-state index contributed by atoms with van der Waals surface area (Å²) in [4.78, 5) is 8.45. The van der Waals surface area contributed by atoms with Crippen molar-refractivity contribution in [3.63, 3.8) is 0 Å². The highest BCUT2D eigenvalue weighted by Gasteiger charge is 2.10. The third-order valence-electron chi connectivity index (χ3n) is 2.78. The van der Waals surface area contributed by atoms with E-state index in [1.165, 1.54) is 5.56 Å². The predicted octanol–water partition coefficient (Wildman–Crippen LogP) is 2.85. The topological polar surface area (TPSA) is 76.4 Å². The van der Waals surface area contributed by atoms with Crippen LogP contribution in [0.25, 0.3) is 11.3 Å². The third kappa shape index (κ3) is 4.63. The van der Waals surface area contributed by atoms with Gasteiger partial charge in [-0.3, -0.25) is 0 Å². The summed E-state index contributed by atoms with van der Waals surface area (Å²) in [7, 11) is 0. The Labute approximate surface area is 125 Å². The van der Waals surface area contributed by atoms with E-state index in [9.17, 15) is 0 Å². The number of hydrogen-bond acceptors (Lipinski definition) is 3. The van der Waals surface area contributed by atoms with Gasteiger partial charge in [0.15, 0.2) is 11.7 Å². The fourth-order valence-corrected chi connectivity index (χ4v) is 1.81. The molecule has 5 heteroatoms. The highest BCUT2D eigenvalue weighted by Crippen LogP contribution is 2.20. The number of nitrogens with one attached hydrogen (secondary N) is 1. The zero-order valence-electron chi connectivity index (χ0n) is 13.0. The van der Waals surface area contributed by atoms with Crippen LogP contribution in [-0.4, -0.2) is 16.5 Å². The molecule has 0 aliphatic carbocycles. The molecule has 2 rings (SSSR count). The van der Waals surface area contributed by atoms with E-state index in [1.54, 1.807) is 6.20 Å². The zero-order valence-corrected chi connectivity index (χ0v) is 13.0. The SMILES string of the molecule is Cc1ccc(-c2cnc(CN=C(N)NC(C)(C)C)o2)cc1. The van der Waals surface area contributed by atoms with Crippen molar-refractivity contribution < 1.29 is 4.42 Å². The highest BCUT2D eigenvalue weighted by molar-refractivity contribution is 5.78. The average molecular weight is 286 g/mol. The maximum absolute atomic E-state index is 5.81. The minimum Gasteiger partial charge on any atom is -0.439 e. The second-order valence-electron chi connectivity index (χ2n) is 6.06. The van der Waals surface area contributed by atoms with Gasteiger partial charge >= 0.3 is 0 Å². The molecule has 0 amide bonds. The van der Waals surface area contributed by atoms with Gasteiger partial charge in [-0.05, 0) is 27.7 Å². The van der Waals surface area contributed by atoms with Gasteiger partial charge in [0, 0.05) is 11.1 Å². The Balaban J connectivity index is 2.03. The Hall–Kier alpha value is -2.30. The van der Waals surface area contributed by atoms with Crippen LogP contribution in [-0.2, 0) is 6.54 Å². The predicted molar refractivity (Wildman–Crippen MR) is 84.9 cm³/mol. The number of oxazole rings is 1. The fraction of sp³-hybridized carbons (Fsp3) is 0.375. The highest BCUT2D eigenvalue weighted by atomic mass is 16.4. The summed E-state index contributed by atoms with van der Waals surface area (Å²) >= 11 is 0. The molecule has 0 unspecified atom stereocenters. The first kappa shape index (κ1) is 15.1. The molecule has 112 valence electrons. The van der Waals surface area contributed by atoms with Crippen molar-refractivity contribution in [1.29, 1.82) is 0 Å². The van der Waals surface area contributed by atoms with E-state index >= 15 is 0 Å². The fourth-order valence-electron chi connectivity index (χ4n) is 1.81. The maximum Gasteiger partial charge on any atom is 0.216 e. The number of nitrogens with zero attached hydrogens (tertiary/aromatic N) is 2. The van der Waals surface area contributed by atoms with Gasteiger partial charge in [0.2, 0.25) is 5.89 Å². The van der Waals surface area contributed by atoms with E-state index in [0.717, 1.165) is 11.3 Å². The standard InChI is InChI=1S/C16H22N4O/c1-11-5-7-12(8-6-11)13-9-18-14(21-13)10-19-15(17)20-16(2,3)4/h5-9H,10H2,1-4H3,(H3,17,19,20). The molecule has 1 aromatic heterocycles. The normalized spacial score (nSPS) is 12.5. The van der Waals surface area contributed by atoms with Crippen LogP contribution in [0, 0.1) is 6.92 Å². The number of aryl methyl sites for hydroxylation is 1. The van der Waals surface area contributed by atoms with Gasteiger partial charge in [-0.2, -0.15) is 0 Å². The van der Waals surface area contributed by atoms with Gasteiger partial charge in [0.25, 0.3) is 0 Å². The lowest BCUT2D eigenvalue weighted by molar-refractivity contribution is 0.497. The number of hydrogen-bond donors (Lipinski definition) is 2. The Morgan fingerprint density at radius 1 is 1.29 bits per heavy atom. The summed E-state index contributed by atoms with van der Waals surface area (Å²) < 4.78 is 5.69. The van der Waals surface area contributed by atoms with Crippen molar-refractivity contribution in [2.45, 2.75) is 39.8 Å². The Morgan fingerprint density at radius 2 is 1.95 bits per heavy atom. The minimum atomic E-state index is -0.114. The molecule has 0 aliphatic rings. The van der Waals surface area contributed by atoms with Crippen molar-refractivity contribution in [3.8, 4) is 11.3 Å². The molecule has 0 saturated carbocycles. The van der Waals surface area contributed by atoms with E-state index in [0.29, 0.717) is 18.4 Å². The number of aromatic nitrogens is 1. The van der Waals surface area contributed by atoms with E-state index in [4.69, 9.17) is 10.2 Å². The smallest absolute Gasteiger partial charge is 0.216 e. The van der Waals surface area contributed by atoms with E-state index in [-0.39, 0.29) is 5.54 Å². The molecular formula is C16H22N4O. The average Bonchev–Trinajstić information content (AvgIpc) is 2.84. The van der Waals surface area contributed by atoms with Crippen molar-refractivity contribution >= 4 is 5.96 Å². The molecule has 0 atom stereocenters. The van der Waals surface area contributed by atoms with Crippen LogP contribution in [0.3, 0.4) is 0 Å². The largest absolute Gasteiger partial charge is 0.439 e. The number of nitrogens with two attached hydrogens (primary N) is 1. The second-order valence-corrected chi connectivity index (χ2v) is 6.06. The molecule has 0 bridgehead atoms. The zero-order chi connectivity index (χ0) is 15.5. The van der Waals surface area contributed by atoms with Crippen LogP contribution in [0.2, 0.25) is 0 Å². The van der Waals surface area contributed by atoms with Gasteiger partial charge in [-0.1, -0.05) is 29.8 Å². The number of rotatable bonds is 3. The van der Waals surface area contributed by atoms with Crippen molar-refractivity contribution in [2.24, 2.45) is 10.7 Å². The molecule has 2 aromatic rings. The molecule has 0 radical (unpaired) electrons. The molecule has 0 fully saturated rings. The molecule has 5 nitrogen and oxygen atoms in total.